The predicted octanol–water partition coefficient (Wildman–Crippen LogP) is 2.55. The summed E-state index contributed by atoms with van der Waals surface area (Å²) in [5.41, 5.74) is 0.632. The van der Waals surface area contributed by atoms with Crippen LogP contribution in [-0.2, 0) is 0 Å². The maximum atomic E-state index is 10.3. The van der Waals surface area contributed by atoms with Gasteiger partial charge < -0.3 is 0 Å². The first kappa shape index (κ1) is 7.82. The Kier molecular flexibility index (Phi) is 2.51. The number of carbonyl (C=O) groups excluding carboxylic acids is 1. The van der Waals surface area contributed by atoms with Crippen LogP contribution in [0.15, 0.2) is 27.6 Å². The van der Waals surface area contributed by atoms with E-state index in [4.69, 9.17) is 0 Å². The molecule has 0 bridgehead atoms. The summed E-state index contributed by atoms with van der Waals surface area (Å²) in [7, 11) is 0. The highest BCUT2D eigenvalue weighted by atomic mass is 79.9. The minimum Gasteiger partial charge on any atom is -0.298 e. The molecule has 1 aromatic carbocycles. The molecule has 0 atom stereocenters. The van der Waals surface area contributed by atoms with Crippen molar-refractivity contribution in [1.29, 1.82) is 0 Å². The van der Waals surface area contributed by atoms with E-state index in [-0.39, 0.29) is 0 Å². The molecule has 1 rings (SSSR count). The second-order valence-electron chi connectivity index (χ2n) is 1.80. The van der Waals surface area contributed by atoms with E-state index in [1.165, 1.54) is 0 Å². The topological polar surface area (TPSA) is 17.1 Å². The minimum absolute atomic E-state index is 0.632. The molecule has 0 saturated heterocycles. The third-order valence-corrected chi connectivity index (χ3v) is 2.70. The van der Waals surface area contributed by atoms with E-state index in [1.807, 2.05) is 6.07 Å². The minimum atomic E-state index is 0.632. The van der Waals surface area contributed by atoms with Crippen molar-refractivity contribution in [3.05, 3.63) is 28.2 Å². The molecule has 0 fully saturated rings. The van der Waals surface area contributed by atoms with Crippen molar-refractivity contribution in [2.24, 2.45) is 0 Å². The zero-order chi connectivity index (χ0) is 7.56. The molecule has 10 heavy (non-hydrogen) atoms. The van der Waals surface area contributed by atoms with E-state index in [0.29, 0.717) is 5.56 Å². The van der Waals surface area contributed by atoms with Crippen molar-refractivity contribution in [2.45, 2.75) is 4.90 Å². The summed E-state index contributed by atoms with van der Waals surface area (Å²) in [4.78, 5) is 11.1. The maximum Gasteiger partial charge on any atom is 0.151 e. The van der Waals surface area contributed by atoms with E-state index in [0.717, 1.165) is 15.7 Å². The number of aldehydes is 1. The monoisotopic (exact) mass is 216 g/mol. The van der Waals surface area contributed by atoms with Crippen LogP contribution in [0.4, 0.5) is 0 Å². The van der Waals surface area contributed by atoms with Crippen LogP contribution in [0, 0.1) is 0 Å². The number of hydrogen-bond acceptors (Lipinski definition) is 2. The van der Waals surface area contributed by atoms with Gasteiger partial charge in [-0.3, -0.25) is 4.79 Å². The van der Waals surface area contributed by atoms with Gasteiger partial charge in [0.2, 0.25) is 0 Å². The van der Waals surface area contributed by atoms with Gasteiger partial charge in [-0.15, -0.1) is 12.6 Å². The zero-order valence-electron chi connectivity index (χ0n) is 5.04. The molecular formula is C7H5BrOS. The van der Waals surface area contributed by atoms with Crippen molar-refractivity contribution in [3.63, 3.8) is 0 Å². The normalized spacial score (nSPS) is 9.40. The Morgan fingerprint density at radius 2 is 2.20 bits per heavy atom. The van der Waals surface area contributed by atoms with Gasteiger partial charge in [-0.05, 0) is 22.0 Å². The first-order valence-corrected chi connectivity index (χ1v) is 3.92. The lowest BCUT2D eigenvalue weighted by atomic mass is 10.2. The van der Waals surface area contributed by atoms with Gasteiger partial charge in [-0.1, -0.05) is 12.1 Å². The number of thiol groups is 1. The van der Waals surface area contributed by atoms with E-state index in [9.17, 15) is 4.79 Å². The van der Waals surface area contributed by atoms with Crippen LogP contribution in [-0.4, -0.2) is 6.29 Å². The molecule has 1 aromatic rings. The Bertz CT molecular complexity index is 260. The van der Waals surface area contributed by atoms with E-state index < -0.39 is 0 Å². The van der Waals surface area contributed by atoms with Crippen LogP contribution in [0.3, 0.4) is 0 Å². The first-order valence-electron chi connectivity index (χ1n) is 2.68. The molecule has 0 heterocycles. The van der Waals surface area contributed by atoms with Crippen LogP contribution in [0.1, 0.15) is 10.4 Å². The lowest BCUT2D eigenvalue weighted by molar-refractivity contribution is 0.112. The molecule has 0 aliphatic carbocycles. The van der Waals surface area contributed by atoms with Crippen LogP contribution in [0.2, 0.25) is 0 Å². The lowest BCUT2D eigenvalue weighted by Crippen LogP contribution is -1.81. The largest absolute Gasteiger partial charge is 0.298 e. The fourth-order valence-electron chi connectivity index (χ4n) is 0.628. The predicted molar refractivity (Wildman–Crippen MR) is 46.8 cm³/mol. The fraction of sp³-hybridized carbons (Fsp3) is 0. The smallest absolute Gasteiger partial charge is 0.151 e. The van der Waals surface area contributed by atoms with Crippen molar-refractivity contribution in [3.8, 4) is 0 Å². The van der Waals surface area contributed by atoms with Gasteiger partial charge in [0.1, 0.15) is 0 Å². The summed E-state index contributed by atoms with van der Waals surface area (Å²) in [5.74, 6) is 0. The van der Waals surface area contributed by atoms with Gasteiger partial charge in [0.25, 0.3) is 0 Å². The van der Waals surface area contributed by atoms with Gasteiger partial charge >= 0.3 is 0 Å². The van der Waals surface area contributed by atoms with Crippen molar-refractivity contribution in [2.75, 3.05) is 0 Å². The number of hydrogen-bond donors (Lipinski definition) is 1. The van der Waals surface area contributed by atoms with Crippen LogP contribution >= 0.6 is 28.6 Å². The Morgan fingerprint density at radius 1 is 1.50 bits per heavy atom. The lowest BCUT2D eigenvalue weighted by Gasteiger charge is -1.97. The SMILES string of the molecule is O=Cc1cccc(S)c1Br. The second-order valence-corrected chi connectivity index (χ2v) is 3.07. The fourth-order valence-corrected chi connectivity index (χ4v) is 1.20. The summed E-state index contributed by atoms with van der Waals surface area (Å²) in [6.45, 7) is 0. The van der Waals surface area contributed by atoms with Crippen LogP contribution in [0.5, 0.6) is 0 Å². The second kappa shape index (κ2) is 3.21. The summed E-state index contributed by atoms with van der Waals surface area (Å²) >= 11 is 7.35. The molecule has 3 heteroatoms. The molecule has 52 valence electrons. The summed E-state index contributed by atoms with van der Waals surface area (Å²) in [6, 6.07) is 5.34. The zero-order valence-corrected chi connectivity index (χ0v) is 7.52. The highest BCUT2D eigenvalue weighted by molar-refractivity contribution is 9.10. The number of carbonyl (C=O) groups is 1. The molecule has 0 amide bonds. The highest BCUT2D eigenvalue weighted by Crippen LogP contribution is 2.22. The van der Waals surface area contributed by atoms with Crippen molar-refractivity contribution in [1.82, 2.24) is 0 Å². The van der Waals surface area contributed by atoms with Gasteiger partial charge in [0, 0.05) is 14.9 Å². The quantitative estimate of drug-likeness (QED) is 0.565. The third kappa shape index (κ3) is 1.41. The average molecular weight is 217 g/mol. The molecular weight excluding hydrogens is 212 g/mol. The summed E-state index contributed by atoms with van der Waals surface area (Å²) in [6.07, 6.45) is 0.795. The first-order chi connectivity index (χ1) is 4.75. The van der Waals surface area contributed by atoms with E-state index >= 15 is 0 Å². The highest BCUT2D eigenvalue weighted by Gasteiger charge is 1.99. The molecule has 0 radical (unpaired) electrons. The molecule has 1 nitrogen and oxygen atoms in total. The molecule has 0 aliphatic heterocycles. The molecule has 0 aromatic heterocycles. The summed E-state index contributed by atoms with van der Waals surface area (Å²) < 4.78 is 0.758. The Labute approximate surface area is 73.0 Å². The Morgan fingerprint density at radius 3 is 2.70 bits per heavy atom. The van der Waals surface area contributed by atoms with Crippen molar-refractivity contribution >= 4 is 34.8 Å². The van der Waals surface area contributed by atoms with E-state index in [2.05, 4.69) is 28.6 Å². The average Bonchev–Trinajstić information content (AvgIpc) is 1.95. The van der Waals surface area contributed by atoms with Gasteiger partial charge in [0.05, 0.1) is 0 Å². The van der Waals surface area contributed by atoms with E-state index in [1.54, 1.807) is 12.1 Å². The van der Waals surface area contributed by atoms with Crippen LogP contribution < -0.4 is 0 Å². The standard InChI is InChI=1S/C7H5BrOS/c8-7-5(4-9)2-1-3-6(7)10/h1-4,10H. The number of rotatable bonds is 1. The molecule has 0 N–H and O–H groups in total. The molecule has 0 spiro atoms. The van der Waals surface area contributed by atoms with Crippen molar-refractivity contribution < 1.29 is 4.79 Å². The maximum absolute atomic E-state index is 10.3. The van der Waals surface area contributed by atoms with Gasteiger partial charge in [-0.2, -0.15) is 0 Å². The molecule has 0 saturated carbocycles. The number of benzene rings is 1. The Hall–Kier alpha value is -0.280. The van der Waals surface area contributed by atoms with Gasteiger partial charge in [0.15, 0.2) is 6.29 Å². The third-order valence-electron chi connectivity index (χ3n) is 1.14. The summed E-state index contributed by atoms with van der Waals surface area (Å²) in [5, 5.41) is 0. The molecule has 0 unspecified atom stereocenters. The van der Waals surface area contributed by atoms with Crippen LogP contribution in [0.25, 0.3) is 0 Å². The van der Waals surface area contributed by atoms with Gasteiger partial charge in [-0.25, -0.2) is 0 Å². The molecule has 0 aliphatic rings. The number of halogens is 1. The Balaban J connectivity index is 3.27.